The van der Waals surface area contributed by atoms with Gasteiger partial charge in [0, 0.05) is 105 Å². The molecule has 266 valence electrons. The Bertz CT molecular complexity index is 2000. The molecule has 14 heteroatoms. The lowest BCUT2D eigenvalue weighted by Gasteiger charge is -2.28. The number of methoxy groups -OCH3 is 1. The minimum Gasteiger partial charge on any atom is -0.496 e. The molecule has 2 aromatic heterocycles. The molecule has 2 atom stereocenters. The van der Waals surface area contributed by atoms with E-state index in [-0.39, 0.29) is 29.8 Å². The van der Waals surface area contributed by atoms with Gasteiger partial charge in [-0.25, -0.2) is 4.98 Å². The maximum atomic E-state index is 13.6. The van der Waals surface area contributed by atoms with E-state index in [2.05, 4.69) is 31.2 Å². The number of nitrogens with zero attached hydrogens (tertiary/aromatic N) is 4. The number of nitrogens with one attached hydrogen (secondary N) is 4. The van der Waals surface area contributed by atoms with E-state index in [0.717, 1.165) is 54.9 Å². The molecule has 0 unspecified atom stereocenters. The first kappa shape index (κ1) is 34.9. The van der Waals surface area contributed by atoms with Crippen LogP contribution in [0.3, 0.4) is 0 Å². The van der Waals surface area contributed by atoms with Crippen molar-refractivity contribution in [2.75, 3.05) is 32.1 Å². The Kier molecular flexibility index (Phi) is 10.3. The fourth-order valence-electron chi connectivity index (χ4n) is 7.18. The number of imidazole rings is 1. The summed E-state index contributed by atoms with van der Waals surface area (Å²) in [5.74, 6) is 0.828. The summed E-state index contributed by atoms with van der Waals surface area (Å²) in [4.78, 5) is 48.4. The molecule has 4 aromatic rings. The molecule has 4 N–H and O–H groups in total. The smallest absolute Gasteiger partial charge is 0.291 e. The molecule has 0 radical (unpaired) electrons. The molecular weight excluding hydrogens is 691 g/mol. The molecule has 51 heavy (non-hydrogen) atoms. The van der Waals surface area contributed by atoms with Gasteiger partial charge in [0.05, 0.1) is 34.2 Å². The van der Waals surface area contributed by atoms with Gasteiger partial charge in [0.15, 0.2) is 5.82 Å². The number of aromatic nitrogens is 3. The average molecular weight is 732 g/mol. The number of hydrogen-bond acceptors (Lipinski definition) is 8. The zero-order valence-corrected chi connectivity index (χ0v) is 30.0. The second kappa shape index (κ2) is 15.0. The first-order chi connectivity index (χ1) is 24.7. The molecule has 7 rings (SSSR count). The van der Waals surface area contributed by atoms with E-state index in [1.807, 2.05) is 41.9 Å². The van der Waals surface area contributed by atoms with Crippen molar-refractivity contribution in [3.8, 4) is 28.1 Å². The van der Waals surface area contributed by atoms with Crippen molar-refractivity contribution in [1.82, 2.24) is 35.4 Å². The maximum Gasteiger partial charge on any atom is 0.291 e. The van der Waals surface area contributed by atoms with Gasteiger partial charge in [-0.1, -0.05) is 47.5 Å². The number of carbonyl (C=O) groups excluding carboxylic acids is 3. The number of hydrogen-bond donors (Lipinski definition) is 4. The van der Waals surface area contributed by atoms with Crippen LogP contribution in [0.1, 0.15) is 53.3 Å². The lowest BCUT2D eigenvalue weighted by atomic mass is 10.0. The Balaban J connectivity index is 1.06. The highest BCUT2D eigenvalue weighted by molar-refractivity contribution is 6.39. The van der Waals surface area contributed by atoms with E-state index in [0.29, 0.717) is 76.6 Å². The van der Waals surface area contributed by atoms with E-state index < -0.39 is 0 Å². The monoisotopic (exact) mass is 730 g/mol. The Morgan fingerprint density at radius 1 is 1.00 bits per heavy atom. The molecule has 0 bridgehead atoms. The standard InChI is InChI=1S/C37H40Cl2N8O4/c1-46-29-13-15-47(19-24-9-11-32(49)43-24)20-28(29)44-36(46)37(50)45-27-5-3-4-25(33(27)38)26-12-14-41-35(34(26)39)21-6-7-22(30(16-21)51-2)17-40-18-23-8-10-31(48)42-23/h3-7,12,14,16,23-24,40H,8-11,13,15,17-20H2,1-2H3,(H,42,48)(H,43,49)(H,45,50)/t23-,24+/m1/s1. The molecule has 3 aliphatic heterocycles. The van der Waals surface area contributed by atoms with E-state index in [1.165, 1.54) is 0 Å². The zero-order valence-electron chi connectivity index (χ0n) is 28.5. The minimum atomic E-state index is -0.364. The van der Waals surface area contributed by atoms with Crippen molar-refractivity contribution in [3.05, 3.63) is 81.5 Å². The highest BCUT2D eigenvalue weighted by Crippen LogP contribution is 2.41. The molecule has 0 aliphatic carbocycles. The molecule has 2 saturated heterocycles. The van der Waals surface area contributed by atoms with Crippen molar-refractivity contribution in [2.45, 2.75) is 57.3 Å². The third kappa shape index (κ3) is 7.45. The molecule has 12 nitrogen and oxygen atoms in total. The number of anilines is 1. The number of benzene rings is 2. The molecule has 5 heterocycles. The second-order valence-corrected chi connectivity index (χ2v) is 14.0. The van der Waals surface area contributed by atoms with Gasteiger partial charge in [-0.15, -0.1) is 0 Å². The molecule has 2 aromatic carbocycles. The van der Waals surface area contributed by atoms with Crippen LogP contribution in [-0.2, 0) is 36.1 Å². The number of rotatable bonds is 11. The predicted octanol–water partition coefficient (Wildman–Crippen LogP) is 4.72. The van der Waals surface area contributed by atoms with Crippen molar-refractivity contribution in [3.63, 3.8) is 0 Å². The van der Waals surface area contributed by atoms with Crippen molar-refractivity contribution in [1.29, 1.82) is 0 Å². The minimum absolute atomic E-state index is 0.0947. The summed E-state index contributed by atoms with van der Waals surface area (Å²) >= 11 is 14.0. The average Bonchev–Trinajstić information content (AvgIpc) is 3.83. The van der Waals surface area contributed by atoms with E-state index in [9.17, 15) is 14.4 Å². The third-order valence-electron chi connectivity index (χ3n) is 9.88. The van der Waals surface area contributed by atoms with Gasteiger partial charge in [0.1, 0.15) is 5.75 Å². The van der Waals surface area contributed by atoms with Crippen LogP contribution in [0.2, 0.25) is 10.0 Å². The maximum absolute atomic E-state index is 13.6. The van der Waals surface area contributed by atoms with Crippen LogP contribution in [-0.4, -0.2) is 76.0 Å². The normalized spacial score (nSPS) is 18.7. The van der Waals surface area contributed by atoms with E-state index in [1.54, 1.807) is 25.4 Å². The van der Waals surface area contributed by atoms with Gasteiger partial charge in [-0.05, 0) is 31.0 Å². The Morgan fingerprint density at radius 2 is 1.76 bits per heavy atom. The SMILES string of the molecule is COc1cc(-c2nccc(-c3cccc(NC(=O)c4nc5c(n4C)CCN(C[C@@H]4CCC(=O)N4)C5)c3Cl)c2Cl)ccc1CNC[C@H]1CCC(=O)N1. The molecule has 3 amide bonds. The number of fused-ring (bicyclic) bond motifs is 1. The van der Waals surface area contributed by atoms with Crippen LogP contribution >= 0.6 is 23.2 Å². The van der Waals surface area contributed by atoms with Crippen molar-refractivity contribution < 1.29 is 19.1 Å². The summed E-state index contributed by atoms with van der Waals surface area (Å²) in [6.07, 6.45) is 5.25. The molecule has 3 aliphatic rings. The van der Waals surface area contributed by atoms with E-state index >= 15 is 0 Å². The third-order valence-corrected chi connectivity index (χ3v) is 10.7. The zero-order chi connectivity index (χ0) is 35.6. The number of carbonyl (C=O) groups is 3. The van der Waals surface area contributed by atoms with Gasteiger partial charge < -0.3 is 30.6 Å². The van der Waals surface area contributed by atoms with Crippen LogP contribution in [0.5, 0.6) is 5.75 Å². The van der Waals surface area contributed by atoms with Gasteiger partial charge in [0.25, 0.3) is 5.91 Å². The summed E-state index contributed by atoms with van der Waals surface area (Å²) in [6, 6.07) is 13.3. The van der Waals surface area contributed by atoms with E-state index in [4.69, 9.17) is 32.9 Å². The fraction of sp³-hybridized carbons (Fsp3) is 0.378. The van der Waals surface area contributed by atoms with Crippen LogP contribution in [0, 0.1) is 0 Å². The van der Waals surface area contributed by atoms with Gasteiger partial charge >= 0.3 is 0 Å². The second-order valence-electron chi connectivity index (χ2n) is 13.3. The molecular formula is C37H40Cl2N8O4. The highest BCUT2D eigenvalue weighted by Gasteiger charge is 2.29. The topological polar surface area (TPSA) is 143 Å². The summed E-state index contributed by atoms with van der Waals surface area (Å²) < 4.78 is 7.57. The lowest BCUT2D eigenvalue weighted by Crippen LogP contribution is -2.41. The number of amides is 3. The van der Waals surface area contributed by atoms with Gasteiger partial charge in [-0.3, -0.25) is 24.3 Å². The fourth-order valence-corrected chi connectivity index (χ4v) is 7.78. The van der Waals surface area contributed by atoms with Crippen molar-refractivity contribution in [2.24, 2.45) is 7.05 Å². The Morgan fingerprint density at radius 3 is 2.51 bits per heavy atom. The van der Waals surface area contributed by atoms with Crippen molar-refractivity contribution >= 4 is 46.6 Å². The predicted molar refractivity (Wildman–Crippen MR) is 196 cm³/mol. The van der Waals surface area contributed by atoms with Crippen LogP contribution in [0.15, 0.2) is 48.7 Å². The number of pyridine rings is 1. The lowest BCUT2D eigenvalue weighted by molar-refractivity contribution is -0.120. The first-order valence-corrected chi connectivity index (χ1v) is 17.9. The number of halogens is 2. The Labute approximate surface area is 306 Å². The quantitative estimate of drug-likeness (QED) is 0.174. The van der Waals surface area contributed by atoms with Crippen LogP contribution in [0.4, 0.5) is 5.69 Å². The van der Waals surface area contributed by atoms with Crippen LogP contribution in [0.25, 0.3) is 22.4 Å². The highest BCUT2D eigenvalue weighted by atomic mass is 35.5. The largest absolute Gasteiger partial charge is 0.496 e. The molecule has 0 saturated carbocycles. The summed E-state index contributed by atoms with van der Waals surface area (Å²) in [5.41, 5.74) is 5.95. The van der Waals surface area contributed by atoms with Crippen LogP contribution < -0.4 is 26.0 Å². The number of ether oxygens (including phenoxy) is 1. The molecule has 2 fully saturated rings. The van der Waals surface area contributed by atoms with Gasteiger partial charge in [-0.2, -0.15) is 0 Å². The summed E-state index contributed by atoms with van der Waals surface area (Å²) in [5, 5.41) is 13.1. The summed E-state index contributed by atoms with van der Waals surface area (Å²) in [7, 11) is 3.48. The molecule has 0 spiro atoms. The van der Waals surface area contributed by atoms with Gasteiger partial charge in [0.2, 0.25) is 11.8 Å². The Hall–Kier alpha value is -4.49. The first-order valence-electron chi connectivity index (χ1n) is 17.2. The summed E-state index contributed by atoms with van der Waals surface area (Å²) in [6.45, 7) is 3.47.